The summed E-state index contributed by atoms with van der Waals surface area (Å²) in [5.41, 5.74) is 8.67. The van der Waals surface area contributed by atoms with E-state index in [-0.39, 0.29) is 0 Å². The Kier molecular flexibility index (Phi) is 5.84. The minimum Gasteiger partial charge on any atom is -0.303 e. The van der Waals surface area contributed by atoms with Gasteiger partial charge in [-0.15, -0.1) is 0 Å². The van der Waals surface area contributed by atoms with Gasteiger partial charge >= 0.3 is 0 Å². The molecule has 7 nitrogen and oxygen atoms in total. The van der Waals surface area contributed by atoms with Gasteiger partial charge in [0, 0.05) is 29.3 Å². The third kappa shape index (κ3) is 4.28. The first-order chi connectivity index (χ1) is 20.2. The van der Waals surface area contributed by atoms with E-state index in [4.69, 9.17) is 20.1 Å². The SMILES string of the molecule is Cc1cc(-c2ccccc2)nc2cc(-c3nn(C4CC(CN5CCC5)C4)c4ncnc(-c5ccccn5)c34)ccc12. The predicted octanol–water partition coefficient (Wildman–Crippen LogP) is 6.74. The Morgan fingerprint density at radius 1 is 0.805 bits per heavy atom. The van der Waals surface area contributed by atoms with E-state index in [1.807, 2.05) is 30.5 Å². The number of hydrogen-bond acceptors (Lipinski definition) is 6. The van der Waals surface area contributed by atoms with Crippen molar-refractivity contribution >= 4 is 21.9 Å². The molecule has 7 heteroatoms. The number of fused-ring (bicyclic) bond motifs is 2. The lowest BCUT2D eigenvalue weighted by Gasteiger charge is -2.41. The maximum atomic E-state index is 5.27. The number of hydrogen-bond donors (Lipinski definition) is 0. The van der Waals surface area contributed by atoms with Crippen molar-refractivity contribution in [3.05, 3.63) is 90.9 Å². The van der Waals surface area contributed by atoms with Gasteiger partial charge in [-0.1, -0.05) is 48.5 Å². The van der Waals surface area contributed by atoms with E-state index >= 15 is 0 Å². The molecule has 1 saturated heterocycles. The zero-order chi connectivity index (χ0) is 27.3. The highest BCUT2D eigenvalue weighted by Crippen LogP contribution is 2.43. The number of aromatic nitrogens is 6. The second-order valence-corrected chi connectivity index (χ2v) is 11.5. The molecule has 5 heterocycles. The lowest BCUT2D eigenvalue weighted by atomic mass is 9.79. The van der Waals surface area contributed by atoms with Gasteiger partial charge in [0.15, 0.2) is 5.65 Å². The maximum absolute atomic E-state index is 5.27. The summed E-state index contributed by atoms with van der Waals surface area (Å²) in [5, 5.41) is 7.37. The van der Waals surface area contributed by atoms with Gasteiger partial charge in [0.1, 0.15) is 17.7 Å². The lowest BCUT2D eigenvalue weighted by Crippen LogP contribution is -2.44. The van der Waals surface area contributed by atoms with E-state index in [0.717, 1.165) is 74.6 Å². The van der Waals surface area contributed by atoms with Crippen LogP contribution >= 0.6 is 0 Å². The molecular weight excluding hydrogens is 506 g/mol. The monoisotopic (exact) mass is 537 g/mol. The van der Waals surface area contributed by atoms with Gasteiger partial charge < -0.3 is 4.90 Å². The molecule has 0 bridgehead atoms. The van der Waals surface area contributed by atoms with Crippen molar-refractivity contribution in [2.24, 2.45) is 5.92 Å². The summed E-state index contributed by atoms with van der Waals surface area (Å²) in [6.45, 7) is 5.85. The van der Waals surface area contributed by atoms with Crippen LogP contribution < -0.4 is 0 Å². The Bertz CT molecular complexity index is 1870. The molecule has 6 aromatic rings. The number of benzene rings is 2. The molecule has 8 rings (SSSR count). The number of pyridine rings is 2. The topological polar surface area (TPSA) is 72.6 Å². The summed E-state index contributed by atoms with van der Waals surface area (Å²) >= 11 is 0. The van der Waals surface area contributed by atoms with Gasteiger partial charge in [-0.05, 0) is 75.0 Å². The van der Waals surface area contributed by atoms with Crippen molar-refractivity contribution in [2.45, 2.75) is 32.2 Å². The predicted molar refractivity (Wildman–Crippen MR) is 162 cm³/mol. The van der Waals surface area contributed by atoms with Crippen molar-refractivity contribution in [1.82, 2.24) is 34.6 Å². The average Bonchev–Trinajstić information content (AvgIpc) is 3.35. The van der Waals surface area contributed by atoms with Gasteiger partial charge in [-0.2, -0.15) is 5.10 Å². The zero-order valence-corrected chi connectivity index (χ0v) is 23.1. The van der Waals surface area contributed by atoms with Crippen molar-refractivity contribution < 1.29 is 0 Å². The Hall–Kier alpha value is -4.49. The Morgan fingerprint density at radius 3 is 2.44 bits per heavy atom. The van der Waals surface area contributed by atoms with Gasteiger partial charge in [0.25, 0.3) is 0 Å². The van der Waals surface area contributed by atoms with Crippen molar-refractivity contribution in [1.29, 1.82) is 0 Å². The van der Waals surface area contributed by atoms with E-state index in [2.05, 4.69) is 70.0 Å². The first-order valence-corrected chi connectivity index (χ1v) is 14.6. The fraction of sp³-hybridized carbons (Fsp3) is 0.265. The van der Waals surface area contributed by atoms with Crippen LogP contribution in [0.15, 0.2) is 85.3 Å². The highest BCUT2D eigenvalue weighted by atomic mass is 15.3. The first kappa shape index (κ1) is 24.3. The largest absolute Gasteiger partial charge is 0.303 e. The molecule has 202 valence electrons. The molecule has 4 aromatic heterocycles. The van der Waals surface area contributed by atoms with E-state index < -0.39 is 0 Å². The highest BCUT2D eigenvalue weighted by molar-refractivity contribution is 6.02. The third-order valence-corrected chi connectivity index (χ3v) is 8.78. The van der Waals surface area contributed by atoms with Crippen molar-refractivity contribution in [3.8, 4) is 33.9 Å². The summed E-state index contributed by atoms with van der Waals surface area (Å²) in [7, 11) is 0. The molecule has 0 spiro atoms. The normalized spacial score (nSPS) is 18.9. The minimum atomic E-state index is 0.342. The van der Waals surface area contributed by atoms with Crippen LogP contribution in [0.1, 0.15) is 30.9 Å². The highest BCUT2D eigenvalue weighted by Gasteiger charge is 2.35. The molecule has 0 amide bonds. The van der Waals surface area contributed by atoms with Crippen LogP contribution in [0.4, 0.5) is 0 Å². The number of rotatable bonds is 6. The summed E-state index contributed by atoms with van der Waals surface area (Å²) in [4.78, 5) is 21.8. The molecule has 0 radical (unpaired) electrons. The smallest absolute Gasteiger partial charge is 0.162 e. The van der Waals surface area contributed by atoms with Crippen molar-refractivity contribution in [3.63, 3.8) is 0 Å². The zero-order valence-electron chi connectivity index (χ0n) is 23.1. The molecule has 1 aliphatic carbocycles. The quantitative estimate of drug-likeness (QED) is 0.234. The van der Waals surface area contributed by atoms with E-state index in [1.165, 1.54) is 31.6 Å². The third-order valence-electron chi connectivity index (χ3n) is 8.78. The number of aryl methyl sites for hydroxylation is 1. The molecule has 2 aliphatic rings. The fourth-order valence-corrected chi connectivity index (χ4v) is 6.41. The molecular formula is C34H31N7. The molecule has 1 saturated carbocycles. The molecule has 41 heavy (non-hydrogen) atoms. The van der Waals surface area contributed by atoms with Crippen LogP contribution in [0, 0.1) is 12.8 Å². The maximum Gasteiger partial charge on any atom is 0.162 e. The summed E-state index contributed by atoms with van der Waals surface area (Å²) in [6.07, 6.45) is 7.07. The fourth-order valence-electron chi connectivity index (χ4n) is 6.41. The Morgan fingerprint density at radius 2 is 1.66 bits per heavy atom. The standard InChI is InChI=1S/C34H31N7/c1-22-16-29(24-8-3-2-4-9-24)38-30-19-25(11-12-27(22)30)32-31-33(28-10-5-6-13-35-28)36-21-37-34(31)41(39-32)26-17-23(18-26)20-40-14-7-15-40/h2-6,8-13,16,19,21,23,26H,7,14-15,17-18,20H2,1H3. The second-order valence-electron chi connectivity index (χ2n) is 11.5. The molecule has 1 aliphatic heterocycles. The molecule has 0 unspecified atom stereocenters. The lowest BCUT2D eigenvalue weighted by molar-refractivity contribution is 0.0880. The van der Waals surface area contributed by atoms with E-state index in [1.54, 1.807) is 6.33 Å². The second kappa shape index (κ2) is 9.85. The van der Waals surface area contributed by atoms with Gasteiger partial charge in [-0.25, -0.2) is 19.6 Å². The minimum absolute atomic E-state index is 0.342. The molecule has 0 N–H and O–H groups in total. The summed E-state index contributed by atoms with van der Waals surface area (Å²) < 4.78 is 2.16. The Balaban J connectivity index is 1.26. The Labute approximate surface area is 238 Å². The van der Waals surface area contributed by atoms with Gasteiger partial charge in [0.05, 0.1) is 28.3 Å². The van der Waals surface area contributed by atoms with Crippen LogP contribution in [0.25, 0.3) is 55.8 Å². The number of nitrogens with zero attached hydrogens (tertiary/aromatic N) is 7. The van der Waals surface area contributed by atoms with Crippen LogP contribution in [-0.2, 0) is 0 Å². The van der Waals surface area contributed by atoms with E-state index in [9.17, 15) is 0 Å². The van der Waals surface area contributed by atoms with Gasteiger partial charge in [0.2, 0.25) is 0 Å². The van der Waals surface area contributed by atoms with Crippen LogP contribution in [0.3, 0.4) is 0 Å². The van der Waals surface area contributed by atoms with Crippen LogP contribution in [0.2, 0.25) is 0 Å². The van der Waals surface area contributed by atoms with Crippen LogP contribution in [-0.4, -0.2) is 54.3 Å². The van der Waals surface area contributed by atoms with E-state index in [0.29, 0.717) is 6.04 Å². The average molecular weight is 538 g/mol. The molecule has 2 aromatic carbocycles. The molecule has 0 atom stereocenters. The first-order valence-electron chi connectivity index (χ1n) is 14.6. The summed E-state index contributed by atoms with van der Waals surface area (Å²) in [5.74, 6) is 0.726. The molecule has 2 fully saturated rings. The summed E-state index contributed by atoms with van der Waals surface area (Å²) in [6, 6.07) is 25.3. The van der Waals surface area contributed by atoms with Crippen molar-refractivity contribution in [2.75, 3.05) is 19.6 Å². The van der Waals surface area contributed by atoms with Crippen LogP contribution in [0.5, 0.6) is 0 Å². The number of likely N-dealkylation sites (tertiary alicyclic amines) is 1. The van der Waals surface area contributed by atoms with Gasteiger partial charge in [-0.3, -0.25) is 4.98 Å².